The number of aliphatic hydroxyl groups is 1. The van der Waals surface area contributed by atoms with E-state index in [9.17, 15) is 43.9 Å². The van der Waals surface area contributed by atoms with Crippen molar-refractivity contribution >= 4 is 11.5 Å². The SMILES string of the molecule is CC(=[OH+])/C=C(/C)O.Fc1c[c-]c(C2=NC(F)(F)C(F)(F)C(F)(F)C2(F)F)c(F)c1.[Ir]. The summed E-state index contributed by atoms with van der Waals surface area (Å²) in [4.78, 5) is 9.99. The van der Waals surface area contributed by atoms with E-state index in [-0.39, 0.29) is 43.8 Å². The molecule has 0 atom stereocenters. The molecule has 0 aliphatic carbocycles. The van der Waals surface area contributed by atoms with E-state index in [1.807, 2.05) is 0 Å². The van der Waals surface area contributed by atoms with Gasteiger partial charge in [0.25, 0.3) is 0 Å². The zero-order valence-electron chi connectivity index (χ0n) is 14.7. The van der Waals surface area contributed by atoms with Crippen LogP contribution in [0.3, 0.4) is 0 Å². The number of rotatable bonds is 2. The molecule has 0 amide bonds. The minimum absolute atomic E-state index is 0. The van der Waals surface area contributed by atoms with Crippen molar-refractivity contribution in [3.8, 4) is 0 Å². The van der Waals surface area contributed by atoms with Gasteiger partial charge >= 0.3 is 29.6 Å². The van der Waals surface area contributed by atoms with Gasteiger partial charge in [0.1, 0.15) is 0 Å². The molecule has 0 spiro atoms. The Morgan fingerprint density at radius 2 is 1.53 bits per heavy atom. The van der Waals surface area contributed by atoms with Crippen molar-refractivity contribution in [2.75, 3.05) is 0 Å². The smallest absolute Gasteiger partial charge is 0.403 e. The first-order valence-corrected chi connectivity index (χ1v) is 7.27. The first-order chi connectivity index (χ1) is 12.9. The summed E-state index contributed by atoms with van der Waals surface area (Å²) in [6.45, 7) is 3.00. The average molecular weight is 631 g/mol. The van der Waals surface area contributed by atoms with Crippen LogP contribution >= 0.6 is 0 Å². The Labute approximate surface area is 175 Å². The molecule has 0 bridgehead atoms. The molecule has 0 saturated carbocycles. The maximum Gasteiger partial charge on any atom is 0.403 e. The molecule has 1 aliphatic heterocycles. The molecule has 1 aromatic carbocycles. The van der Waals surface area contributed by atoms with Gasteiger partial charge in [0.15, 0.2) is 0 Å². The van der Waals surface area contributed by atoms with Gasteiger partial charge in [-0.15, -0.1) is 12.1 Å². The fourth-order valence-electron chi connectivity index (χ4n) is 1.96. The summed E-state index contributed by atoms with van der Waals surface area (Å²) in [6, 6.07) is -4.50. The van der Waals surface area contributed by atoms with Gasteiger partial charge in [-0.3, -0.25) is 18.6 Å². The number of allylic oxidation sites excluding steroid dienone is 2. The maximum atomic E-state index is 13.5. The first-order valence-electron chi connectivity index (χ1n) is 7.27. The van der Waals surface area contributed by atoms with Crippen LogP contribution in [0, 0.1) is 17.7 Å². The predicted molar refractivity (Wildman–Crippen MR) is 80.5 cm³/mol. The quantitative estimate of drug-likeness (QED) is 0.122. The Morgan fingerprint density at radius 3 is 1.90 bits per heavy atom. The molecule has 0 aromatic heterocycles. The number of ketones is 1. The Hall–Kier alpha value is -1.95. The molecule has 3 nitrogen and oxygen atoms in total. The Balaban J connectivity index is 0.000000909. The molecular formula is C16H11F10IrNO2. The van der Waals surface area contributed by atoms with E-state index in [1.165, 1.54) is 26.0 Å². The molecule has 1 aliphatic rings. The standard InChI is InChI=1S/C11H2F10N.C5H8O2.Ir/c12-4-1-2-5(6(13)3-4)7-8(14,15)9(16,17)10(18,19)11(20,21)22-7;1-4(6)3-5(2)7;/h1,3H;3,6H,1-2H3;/q-1;;/p+1/b;4-3-;. The summed E-state index contributed by atoms with van der Waals surface area (Å²) in [5, 5.41) is 8.40. The second-order valence-corrected chi connectivity index (χ2v) is 5.69. The monoisotopic (exact) mass is 632 g/mol. The van der Waals surface area contributed by atoms with E-state index in [0.29, 0.717) is 0 Å². The second-order valence-electron chi connectivity index (χ2n) is 5.69. The van der Waals surface area contributed by atoms with Crippen molar-refractivity contribution in [1.29, 1.82) is 0 Å². The molecular weight excluding hydrogens is 620 g/mol. The van der Waals surface area contributed by atoms with E-state index in [4.69, 9.17) is 9.90 Å². The zero-order chi connectivity index (χ0) is 23.0. The largest absolute Gasteiger partial charge is 0.512 e. The fourth-order valence-corrected chi connectivity index (χ4v) is 1.96. The third-order valence-electron chi connectivity index (χ3n) is 3.23. The van der Waals surface area contributed by atoms with Gasteiger partial charge in [0, 0.05) is 37.5 Å². The van der Waals surface area contributed by atoms with Crippen LogP contribution in [0.25, 0.3) is 0 Å². The van der Waals surface area contributed by atoms with Gasteiger partial charge in [0.05, 0.1) is 18.8 Å². The van der Waals surface area contributed by atoms with Gasteiger partial charge < -0.3 is 5.11 Å². The number of aliphatic hydroxyl groups excluding tert-OH is 1. The summed E-state index contributed by atoms with van der Waals surface area (Å²) >= 11 is 0. The van der Waals surface area contributed by atoms with Crippen LogP contribution in [0.2, 0.25) is 0 Å². The molecule has 0 saturated heterocycles. The van der Waals surface area contributed by atoms with Gasteiger partial charge in [-0.1, -0.05) is 11.6 Å². The number of aliphatic imine (C=N–C) groups is 1. The van der Waals surface area contributed by atoms with Gasteiger partial charge in [-0.05, 0) is 6.92 Å². The number of benzene rings is 1. The molecule has 1 aromatic rings. The second kappa shape index (κ2) is 9.04. The molecule has 0 fully saturated rings. The van der Waals surface area contributed by atoms with Crippen molar-refractivity contribution in [3.05, 3.63) is 47.2 Å². The Bertz CT molecular complexity index is 864. The number of halogens is 10. The van der Waals surface area contributed by atoms with E-state index in [0.717, 1.165) is 0 Å². The van der Waals surface area contributed by atoms with Gasteiger partial charge in [-0.25, -0.2) is 8.78 Å². The van der Waals surface area contributed by atoms with Crippen molar-refractivity contribution in [2.45, 2.75) is 37.7 Å². The maximum absolute atomic E-state index is 13.5. The number of hydrogen-bond donors (Lipinski definition) is 1. The van der Waals surface area contributed by atoms with E-state index >= 15 is 0 Å². The number of hydrogen-bond acceptors (Lipinski definition) is 2. The summed E-state index contributed by atoms with van der Waals surface area (Å²) < 4.78 is 131. The van der Waals surface area contributed by atoms with E-state index < -0.39 is 46.7 Å². The van der Waals surface area contributed by atoms with E-state index in [2.05, 4.69) is 0 Å². The van der Waals surface area contributed by atoms with Crippen molar-refractivity contribution in [2.24, 2.45) is 4.99 Å². The third-order valence-corrected chi connectivity index (χ3v) is 3.23. The van der Waals surface area contributed by atoms with Gasteiger partial charge in [0.2, 0.25) is 0 Å². The summed E-state index contributed by atoms with van der Waals surface area (Å²) in [5.74, 6) is -22.1. The number of alkyl halides is 8. The summed E-state index contributed by atoms with van der Waals surface area (Å²) in [7, 11) is 0. The minimum atomic E-state index is -6.56. The topological polar surface area (TPSA) is 54.0 Å². The third kappa shape index (κ3) is 5.02. The molecule has 14 heteroatoms. The fraction of sp³-hybridized carbons (Fsp3) is 0.375. The van der Waals surface area contributed by atoms with Crippen LogP contribution < -0.4 is 0 Å². The van der Waals surface area contributed by atoms with Crippen molar-refractivity contribution in [3.63, 3.8) is 0 Å². The first kappa shape index (κ1) is 28.0. The van der Waals surface area contributed by atoms with Crippen LogP contribution in [0.5, 0.6) is 0 Å². The zero-order valence-corrected chi connectivity index (χ0v) is 17.1. The Kier molecular flexibility index (Phi) is 8.46. The minimum Gasteiger partial charge on any atom is -0.512 e. The summed E-state index contributed by atoms with van der Waals surface area (Å²) in [5.41, 5.74) is -4.41. The van der Waals surface area contributed by atoms with Crippen LogP contribution in [0.15, 0.2) is 29.0 Å². The Morgan fingerprint density at radius 1 is 1.03 bits per heavy atom. The molecule has 0 unspecified atom stereocenters. The predicted octanol–water partition coefficient (Wildman–Crippen LogP) is 5.08. The van der Waals surface area contributed by atoms with Crippen LogP contribution in [0.4, 0.5) is 43.9 Å². The van der Waals surface area contributed by atoms with Crippen LogP contribution in [-0.4, -0.2) is 45.2 Å². The van der Waals surface area contributed by atoms with Crippen LogP contribution in [0.1, 0.15) is 19.4 Å². The molecule has 2 rings (SSSR count). The van der Waals surface area contributed by atoms with E-state index in [1.54, 1.807) is 4.99 Å². The molecule has 171 valence electrons. The normalized spacial score (nSPS) is 20.8. The molecule has 30 heavy (non-hydrogen) atoms. The molecule has 2 N–H and O–H groups in total. The number of nitrogens with zero attached hydrogens (tertiary/aromatic N) is 1. The van der Waals surface area contributed by atoms with Gasteiger partial charge in [-0.2, -0.15) is 26.3 Å². The van der Waals surface area contributed by atoms with Crippen LogP contribution in [-0.2, 0) is 20.1 Å². The molecule has 1 radical (unpaired) electrons. The van der Waals surface area contributed by atoms with Crippen molar-refractivity contribution < 1.29 is 73.9 Å². The molecule has 1 heterocycles. The summed E-state index contributed by atoms with van der Waals surface area (Å²) in [6.07, 6.45) is 1.28. The number of carbonyl (C=O) groups excluding carboxylic acids is 1. The van der Waals surface area contributed by atoms with Crippen molar-refractivity contribution in [1.82, 2.24) is 0 Å². The average Bonchev–Trinajstić information content (AvgIpc) is 2.50.